The van der Waals surface area contributed by atoms with Crippen LogP contribution >= 0.6 is 12.4 Å². The molecule has 4 rings (SSSR count). The molecule has 0 unspecified atom stereocenters. The Morgan fingerprint density at radius 3 is 2.29 bits per heavy atom. The van der Waals surface area contributed by atoms with E-state index in [-0.39, 0.29) is 19.0 Å². The Balaban J connectivity index is 0.00000272. The van der Waals surface area contributed by atoms with Crippen molar-refractivity contribution in [2.45, 2.75) is 24.4 Å². The molecule has 1 aliphatic heterocycles. The molecule has 0 saturated carbocycles. The molecule has 1 aromatic heterocycles. The third-order valence-corrected chi connectivity index (χ3v) is 7.02. The Morgan fingerprint density at radius 1 is 1.00 bits per heavy atom. The van der Waals surface area contributed by atoms with Gasteiger partial charge in [-0.1, -0.05) is 54.6 Å². The molecule has 2 heterocycles. The van der Waals surface area contributed by atoms with Gasteiger partial charge in [-0.2, -0.15) is 4.31 Å². The summed E-state index contributed by atoms with van der Waals surface area (Å²) < 4.78 is 33.7. The van der Waals surface area contributed by atoms with E-state index < -0.39 is 10.0 Å². The molecule has 5 nitrogen and oxygen atoms in total. The van der Waals surface area contributed by atoms with Crippen LogP contribution in [0.15, 0.2) is 70.0 Å². The van der Waals surface area contributed by atoms with Gasteiger partial charge in [0.2, 0.25) is 10.0 Å². The van der Waals surface area contributed by atoms with Gasteiger partial charge in [-0.25, -0.2) is 8.42 Å². The maximum absolute atomic E-state index is 13.1. The molecule has 0 bridgehead atoms. The molecule has 0 spiro atoms. The molecule has 7 heteroatoms. The lowest BCUT2D eigenvalue weighted by Gasteiger charge is -2.25. The first-order chi connectivity index (χ1) is 14.4. The highest BCUT2D eigenvalue weighted by molar-refractivity contribution is 7.89. The van der Waals surface area contributed by atoms with Crippen molar-refractivity contribution < 1.29 is 12.8 Å². The first kappa shape index (κ1) is 23.3. The van der Waals surface area contributed by atoms with Gasteiger partial charge in [0.05, 0.1) is 18.0 Å². The van der Waals surface area contributed by atoms with Gasteiger partial charge >= 0.3 is 0 Å². The fourth-order valence-electron chi connectivity index (χ4n) is 3.61. The van der Waals surface area contributed by atoms with Crippen molar-refractivity contribution in [1.29, 1.82) is 0 Å². The Bertz CT molecular complexity index is 1140. The SMILES string of the molecule is CN(C)Cc1cc2c(o1)CN(S(=O)(=O)c1ccc(C=Cc3ccccc3)cc1)CC2.Cl. The summed E-state index contributed by atoms with van der Waals surface area (Å²) in [6.07, 6.45) is 4.66. The predicted molar refractivity (Wildman–Crippen MR) is 126 cm³/mol. The molecule has 0 amide bonds. The second kappa shape index (κ2) is 9.83. The summed E-state index contributed by atoms with van der Waals surface area (Å²) in [6, 6.07) is 19.1. The van der Waals surface area contributed by atoms with Gasteiger partial charge in [0, 0.05) is 6.54 Å². The van der Waals surface area contributed by atoms with E-state index in [1.54, 1.807) is 12.1 Å². The maximum atomic E-state index is 13.1. The zero-order valence-electron chi connectivity index (χ0n) is 17.7. The lowest BCUT2D eigenvalue weighted by Crippen LogP contribution is -2.35. The molecule has 3 aromatic rings. The summed E-state index contributed by atoms with van der Waals surface area (Å²) in [4.78, 5) is 2.34. The Hall–Kier alpha value is -2.38. The second-order valence-corrected chi connectivity index (χ2v) is 9.74. The van der Waals surface area contributed by atoms with Crippen molar-refractivity contribution in [2.24, 2.45) is 0 Å². The highest BCUT2D eigenvalue weighted by atomic mass is 35.5. The smallest absolute Gasteiger partial charge is 0.243 e. The monoisotopic (exact) mass is 458 g/mol. The van der Waals surface area contributed by atoms with E-state index in [0.717, 1.165) is 28.2 Å². The Labute approximate surface area is 190 Å². The van der Waals surface area contributed by atoms with Crippen LogP contribution < -0.4 is 0 Å². The van der Waals surface area contributed by atoms with Crippen LogP contribution in [0.25, 0.3) is 12.2 Å². The van der Waals surface area contributed by atoms with E-state index >= 15 is 0 Å². The van der Waals surface area contributed by atoms with E-state index in [1.807, 2.05) is 79.7 Å². The van der Waals surface area contributed by atoms with Gasteiger partial charge in [0.15, 0.2) is 0 Å². The molecule has 0 atom stereocenters. The predicted octanol–water partition coefficient (Wildman–Crippen LogP) is 4.68. The normalized spacial score (nSPS) is 14.5. The molecule has 1 aliphatic rings. The van der Waals surface area contributed by atoms with Crippen LogP contribution in [-0.4, -0.2) is 38.3 Å². The van der Waals surface area contributed by atoms with Crippen molar-refractivity contribution in [2.75, 3.05) is 20.6 Å². The van der Waals surface area contributed by atoms with Crippen molar-refractivity contribution >= 4 is 34.6 Å². The van der Waals surface area contributed by atoms with Gasteiger partial charge in [0.1, 0.15) is 11.5 Å². The molecule has 2 aromatic carbocycles. The number of benzene rings is 2. The highest BCUT2D eigenvalue weighted by Gasteiger charge is 2.30. The summed E-state index contributed by atoms with van der Waals surface area (Å²) in [5.41, 5.74) is 3.17. The lowest BCUT2D eigenvalue weighted by atomic mass is 10.1. The van der Waals surface area contributed by atoms with Crippen LogP contribution in [0.5, 0.6) is 0 Å². The standard InChI is InChI=1S/C24H26N2O3S.ClH/c1-25(2)17-22-16-21-14-15-26(18-24(21)29-22)30(27,28)23-12-10-20(11-13-23)9-8-19-6-4-3-5-7-19;/h3-13,16H,14-15,17-18H2,1-2H3;1H. The van der Waals surface area contributed by atoms with Crippen LogP contribution in [0.3, 0.4) is 0 Å². The zero-order chi connectivity index (χ0) is 21.1. The number of rotatable bonds is 6. The van der Waals surface area contributed by atoms with Crippen LogP contribution in [-0.2, 0) is 29.5 Å². The molecule has 0 fully saturated rings. The highest BCUT2D eigenvalue weighted by Crippen LogP contribution is 2.28. The minimum atomic E-state index is -3.56. The van der Waals surface area contributed by atoms with Crippen LogP contribution in [0.2, 0.25) is 0 Å². The average molecular weight is 459 g/mol. The number of sulfonamides is 1. The van der Waals surface area contributed by atoms with E-state index in [1.165, 1.54) is 4.31 Å². The third kappa shape index (κ3) is 5.46. The Kier molecular flexibility index (Phi) is 7.38. The van der Waals surface area contributed by atoms with Crippen molar-refractivity contribution in [3.8, 4) is 0 Å². The average Bonchev–Trinajstić information content (AvgIpc) is 3.14. The van der Waals surface area contributed by atoms with E-state index in [9.17, 15) is 8.42 Å². The molecular weight excluding hydrogens is 432 g/mol. The number of nitrogens with zero attached hydrogens (tertiary/aromatic N) is 2. The Morgan fingerprint density at radius 2 is 1.65 bits per heavy atom. The van der Waals surface area contributed by atoms with Crippen LogP contribution in [0.4, 0.5) is 0 Å². The molecule has 0 saturated heterocycles. The summed E-state index contributed by atoms with van der Waals surface area (Å²) in [5.74, 6) is 1.63. The van der Waals surface area contributed by atoms with Gasteiger partial charge in [-0.15, -0.1) is 12.4 Å². The van der Waals surface area contributed by atoms with Gasteiger partial charge < -0.3 is 9.32 Å². The maximum Gasteiger partial charge on any atom is 0.243 e. The van der Waals surface area contributed by atoms with Gasteiger partial charge in [-0.3, -0.25) is 0 Å². The molecular formula is C24H27ClN2O3S. The summed E-state index contributed by atoms with van der Waals surface area (Å²) in [7, 11) is 0.403. The van der Waals surface area contributed by atoms with Gasteiger partial charge in [0.25, 0.3) is 0 Å². The number of halogens is 1. The largest absolute Gasteiger partial charge is 0.463 e. The van der Waals surface area contributed by atoms with Crippen molar-refractivity contribution in [1.82, 2.24) is 9.21 Å². The quantitative estimate of drug-likeness (QED) is 0.503. The number of furan rings is 1. The first-order valence-corrected chi connectivity index (χ1v) is 11.4. The van der Waals surface area contributed by atoms with E-state index in [2.05, 4.69) is 0 Å². The molecule has 164 valence electrons. The van der Waals surface area contributed by atoms with Crippen molar-refractivity contribution in [3.05, 3.63) is 88.9 Å². The van der Waals surface area contributed by atoms with Gasteiger partial charge in [-0.05, 0) is 55.4 Å². The van der Waals surface area contributed by atoms with E-state index in [0.29, 0.717) is 24.4 Å². The molecule has 0 N–H and O–H groups in total. The number of hydrogen-bond acceptors (Lipinski definition) is 4. The van der Waals surface area contributed by atoms with Crippen LogP contribution in [0, 0.1) is 0 Å². The first-order valence-electron chi connectivity index (χ1n) is 10.0. The topological polar surface area (TPSA) is 53.8 Å². The second-order valence-electron chi connectivity index (χ2n) is 7.80. The van der Waals surface area contributed by atoms with E-state index in [4.69, 9.17) is 4.42 Å². The zero-order valence-corrected chi connectivity index (χ0v) is 19.3. The fraction of sp³-hybridized carbons (Fsp3) is 0.250. The van der Waals surface area contributed by atoms with Crippen molar-refractivity contribution in [3.63, 3.8) is 0 Å². The third-order valence-electron chi connectivity index (χ3n) is 5.16. The van der Waals surface area contributed by atoms with Crippen LogP contribution in [0.1, 0.15) is 28.2 Å². The minimum absolute atomic E-state index is 0. The number of fused-ring (bicyclic) bond motifs is 1. The summed E-state index contributed by atoms with van der Waals surface area (Å²) in [5, 5.41) is 0. The lowest BCUT2D eigenvalue weighted by molar-refractivity contribution is 0.309. The summed E-state index contributed by atoms with van der Waals surface area (Å²) >= 11 is 0. The fourth-order valence-corrected chi connectivity index (χ4v) is 5.01. The number of hydrogen-bond donors (Lipinski definition) is 0. The molecule has 31 heavy (non-hydrogen) atoms. The summed E-state index contributed by atoms with van der Waals surface area (Å²) in [6.45, 7) is 1.45. The molecule has 0 aliphatic carbocycles. The minimum Gasteiger partial charge on any atom is -0.463 e. The molecule has 0 radical (unpaired) electrons.